The molecule has 2 aromatic carbocycles. The van der Waals surface area contributed by atoms with Gasteiger partial charge >= 0.3 is 19.1 Å². The number of halogens is 2. The van der Waals surface area contributed by atoms with Crippen LogP contribution in [-0.2, 0) is 9.47 Å². The van der Waals surface area contributed by atoms with Gasteiger partial charge in [-0.05, 0) is 60.1 Å². The number of benzene rings is 2. The fourth-order valence-electron chi connectivity index (χ4n) is 4.13. The second kappa shape index (κ2) is 16.1. The van der Waals surface area contributed by atoms with Crippen LogP contribution in [0.1, 0.15) is 21.0 Å². The highest BCUT2D eigenvalue weighted by Crippen LogP contribution is 2.27. The highest BCUT2D eigenvalue weighted by atomic mass is 79.9. The first-order valence-electron chi connectivity index (χ1n) is 13.4. The summed E-state index contributed by atoms with van der Waals surface area (Å²) in [4.78, 5) is 31.4. The van der Waals surface area contributed by atoms with E-state index in [1.165, 1.54) is 21.3 Å². The van der Waals surface area contributed by atoms with Crippen molar-refractivity contribution < 1.29 is 38.6 Å². The maximum atomic E-state index is 11.9. The zero-order valence-electron chi connectivity index (χ0n) is 25.3. The van der Waals surface area contributed by atoms with Gasteiger partial charge in [-0.1, -0.05) is 31.9 Å². The summed E-state index contributed by atoms with van der Waals surface area (Å²) in [6, 6.07) is 17.5. The molecule has 0 spiro atoms. The Balaban J connectivity index is 0.000000171. The second-order valence-corrected chi connectivity index (χ2v) is 11.1. The van der Waals surface area contributed by atoms with E-state index in [0.29, 0.717) is 44.7 Å². The Morgan fingerprint density at radius 2 is 1.43 bits per heavy atom. The van der Waals surface area contributed by atoms with Gasteiger partial charge < -0.3 is 29.0 Å². The molecule has 3 N–H and O–H groups in total. The van der Waals surface area contributed by atoms with Gasteiger partial charge in [0.15, 0.2) is 22.7 Å². The molecule has 0 bridgehead atoms. The summed E-state index contributed by atoms with van der Waals surface area (Å²) in [7, 11) is 4.30. The van der Waals surface area contributed by atoms with Crippen LogP contribution in [0.15, 0.2) is 82.0 Å². The number of nitrogens with zero attached hydrogens (tertiary/aromatic N) is 5. The van der Waals surface area contributed by atoms with Gasteiger partial charge in [0, 0.05) is 27.4 Å². The van der Waals surface area contributed by atoms with Gasteiger partial charge in [0.2, 0.25) is 0 Å². The number of aromatic amines is 1. The minimum absolute atomic E-state index is 0.226. The van der Waals surface area contributed by atoms with E-state index < -0.39 is 19.1 Å². The van der Waals surface area contributed by atoms with Gasteiger partial charge in [-0.2, -0.15) is 10.2 Å². The fraction of sp³-hybridized carbons (Fsp3) is 0.133. The largest absolute Gasteiger partial charge is 0.497 e. The number of rotatable bonds is 6. The van der Waals surface area contributed by atoms with Crippen LogP contribution in [-0.4, -0.2) is 87.5 Å². The molecular formula is C30H27BBr2N6O8. The average molecular weight is 770 g/mol. The Morgan fingerprint density at radius 1 is 0.809 bits per heavy atom. The van der Waals surface area contributed by atoms with E-state index in [0.717, 1.165) is 14.6 Å². The van der Waals surface area contributed by atoms with Gasteiger partial charge in [-0.3, -0.25) is 5.10 Å². The summed E-state index contributed by atoms with van der Waals surface area (Å²) < 4.78 is 22.7. The lowest BCUT2D eigenvalue weighted by atomic mass is 9.80. The molecule has 0 amide bonds. The molecule has 0 unspecified atom stereocenters. The highest BCUT2D eigenvalue weighted by Gasteiger charge is 2.20. The molecule has 14 nitrogen and oxygen atoms in total. The van der Waals surface area contributed by atoms with Crippen molar-refractivity contribution in [1.29, 1.82) is 0 Å². The summed E-state index contributed by atoms with van der Waals surface area (Å²) in [6.07, 6.45) is 3.26. The van der Waals surface area contributed by atoms with Gasteiger partial charge in [0.25, 0.3) is 0 Å². The number of pyridine rings is 2. The minimum atomic E-state index is -1.46. The molecule has 17 heteroatoms. The molecule has 0 aliphatic carbocycles. The molecule has 4 heterocycles. The molecule has 6 aromatic rings. The molecule has 0 fully saturated rings. The lowest BCUT2D eigenvalue weighted by Crippen LogP contribution is -2.29. The average Bonchev–Trinajstić information content (AvgIpc) is 3.70. The van der Waals surface area contributed by atoms with Crippen LogP contribution in [0.4, 0.5) is 0 Å². The van der Waals surface area contributed by atoms with E-state index >= 15 is 0 Å². The summed E-state index contributed by atoms with van der Waals surface area (Å²) in [5.41, 5.74) is 2.78. The number of hydrogen-bond donors (Lipinski definition) is 3. The number of hydrogen-bond acceptors (Lipinski definition) is 12. The number of carbonyl (C=O) groups is 2. The Hall–Kier alpha value is -4.84. The molecular weight excluding hydrogens is 743 g/mol. The van der Waals surface area contributed by atoms with Crippen molar-refractivity contribution in [2.75, 3.05) is 28.4 Å². The summed E-state index contributed by atoms with van der Waals surface area (Å²) in [5.74, 6) is 0.324. The van der Waals surface area contributed by atoms with Crippen LogP contribution in [0.25, 0.3) is 27.8 Å². The predicted molar refractivity (Wildman–Crippen MR) is 180 cm³/mol. The summed E-state index contributed by atoms with van der Waals surface area (Å²) >= 11 is 6.65. The first-order chi connectivity index (χ1) is 22.6. The maximum absolute atomic E-state index is 11.9. The molecule has 0 atom stereocenters. The van der Waals surface area contributed by atoms with Crippen LogP contribution in [0.2, 0.25) is 0 Å². The Bertz CT molecular complexity index is 2020. The summed E-state index contributed by atoms with van der Waals surface area (Å²) in [5, 5.41) is 29.8. The van der Waals surface area contributed by atoms with Crippen molar-refractivity contribution in [3.63, 3.8) is 0 Å². The van der Waals surface area contributed by atoms with Crippen molar-refractivity contribution >= 4 is 78.4 Å². The molecule has 0 saturated heterocycles. The Morgan fingerprint density at radius 3 is 2.06 bits per heavy atom. The van der Waals surface area contributed by atoms with E-state index in [2.05, 4.69) is 61.9 Å². The van der Waals surface area contributed by atoms with Crippen LogP contribution in [0.3, 0.4) is 0 Å². The zero-order chi connectivity index (χ0) is 34.1. The predicted octanol–water partition coefficient (Wildman–Crippen LogP) is 3.86. The zero-order valence-corrected chi connectivity index (χ0v) is 28.5. The number of H-pyrrole nitrogens is 1. The Kier molecular flexibility index (Phi) is 12.0. The molecule has 4 aromatic heterocycles. The van der Waals surface area contributed by atoms with Gasteiger partial charge in [0.1, 0.15) is 11.5 Å². The Labute approximate surface area is 285 Å². The third-order valence-corrected chi connectivity index (χ3v) is 7.22. The fourth-order valence-corrected chi connectivity index (χ4v) is 5.08. The van der Waals surface area contributed by atoms with Crippen molar-refractivity contribution in [1.82, 2.24) is 29.9 Å². The maximum Gasteiger partial charge on any atom is 0.488 e. The van der Waals surface area contributed by atoms with E-state index in [9.17, 15) is 9.59 Å². The highest BCUT2D eigenvalue weighted by molar-refractivity contribution is 9.10. The van der Waals surface area contributed by atoms with Crippen LogP contribution < -0.4 is 14.9 Å². The lowest BCUT2D eigenvalue weighted by Gasteiger charge is -2.06. The quantitative estimate of drug-likeness (QED) is 0.165. The smallest absolute Gasteiger partial charge is 0.488 e. The lowest BCUT2D eigenvalue weighted by molar-refractivity contribution is 0.0587. The molecule has 47 heavy (non-hydrogen) atoms. The SMILES string of the molecule is COC(=O)c1[nH]nc2ncccc12.COC(=O)c1nn(-c2cc(Br)cc(OC)c2)c2ncccc12.COc1cc(Br)cc(B(O)O)c1. The third kappa shape index (κ3) is 8.50. The number of ether oxygens (including phenoxy) is 4. The van der Waals surface area contributed by atoms with E-state index in [4.69, 9.17) is 24.3 Å². The van der Waals surface area contributed by atoms with Crippen LogP contribution in [0, 0.1) is 0 Å². The van der Waals surface area contributed by atoms with E-state index in [1.54, 1.807) is 66.6 Å². The number of fused-ring (bicyclic) bond motifs is 2. The van der Waals surface area contributed by atoms with Crippen LogP contribution in [0.5, 0.6) is 11.5 Å². The third-order valence-electron chi connectivity index (χ3n) is 6.30. The van der Waals surface area contributed by atoms with Gasteiger partial charge in [0.05, 0.1) is 44.9 Å². The van der Waals surface area contributed by atoms with Gasteiger partial charge in [-0.15, -0.1) is 0 Å². The molecule has 0 radical (unpaired) electrons. The molecule has 242 valence electrons. The molecule has 6 rings (SSSR count). The normalized spacial score (nSPS) is 10.3. The standard InChI is InChI=1S/C15H12BrN3O3.C8H7N3O2.C7H8BBrO3/c1-21-11-7-9(16)6-10(8-11)19-14-12(4-3-5-17-14)13(18-19)15(20)22-2;1-13-8(12)6-5-3-2-4-9-7(5)11-10-6;1-12-7-3-5(8(10)11)2-6(9)4-7/h3-8H,1-2H3;2-4H,1H3,(H,9,10,11);2-4,10-11H,1H3. The van der Waals surface area contributed by atoms with Crippen molar-refractivity contribution in [2.24, 2.45) is 0 Å². The topological polar surface area (TPSA) is 184 Å². The van der Waals surface area contributed by atoms with Crippen LogP contribution >= 0.6 is 31.9 Å². The number of esters is 2. The molecule has 0 saturated carbocycles. The number of methoxy groups -OCH3 is 4. The molecule has 0 aliphatic rings. The van der Waals surface area contributed by atoms with Crippen molar-refractivity contribution in [2.45, 2.75) is 0 Å². The summed E-state index contributed by atoms with van der Waals surface area (Å²) in [6.45, 7) is 0. The first kappa shape index (κ1) is 35.0. The second-order valence-electron chi connectivity index (χ2n) is 9.24. The van der Waals surface area contributed by atoms with Crippen molar-refractivity contribution in [3.8, 4) is 17.2 Å². The number of carbonyl (C=O) groups excluding carboxylic acids is 2. The first-order valence-corrected chi connectivity index (χ1v) is 15.0. The minimum Gasteiger partial charge on any atom is -0.497 e. The van der Waals surface area contributed by atoms with E-state index in [1.807, 2.05) is 18.2 Å². The van der Waals surface area contributed by atoms with Gasteiger partial charge in [-0.25, -0.2) is 24.2 Å². The monoisotopic (exact) mass is 768 g/mol. The number of nitrogens with one attached hydrogen (secondary N) is 1. The van der Waals surface area contributed by atoms with Crippen molar-refractivity contribution in [3.05, 3.63) is 93.4 Å². The number of aromatic nitrogens is 6. The van der Waals surface area contributed by atoms with E-state index in [-0.39, 0.29) is 5.69 Å². The molecule has 0 aliphatic heterocycles.